The molecule has 0 saturated carbocycles. The molecule has 2 aliphatic heterocycles. The Balaban J connectivity index is 1.40. The molecule has 3 rings (SSSR count). The van der Waals surface area contributed by atoms with Crippen LogP contribution in [-0.4, -0.2) is 60.2 Å². The Bertz CT molecular complexity index is 1120. The van der Waals surface area contributed by atoms with Gasteiger partial charge in [0.05, 0.1) is 22.9 Å². The van der Waals surface area contributed by atoms with E-state index in [1.165, 1.54) is 19.1 Å². The summed E-state index contributed by atoms with van der Waals surface area (Å²) in [4.78, 5) is 42.5. The van der Waals surface area contributed by atoms with Crippen LogP contribution in [0.1, 0.15) is 76.3 Å². The van der Waals surface area contributed by atoms with Crippen molar-refractivity contribution in [2.24, 2.45) is 0 Å². The molecule has 10 heteroatoms. The number of amides is 3. The van der Waals surface area contributed by atoms with E-state index in [1.807, 2.05) is 11.8 Å². The lowest BCUT2D eigenvalue weighted by atomic mass is 10.0. The highest BCUT2D eigenvalue weighted by Gasteiger charge is 2.39. The molecule has 1 fully saturated rings. The number of hydrogen-bond donors (Lipinski definition) is 0. The predicted octanol–water partition coefficient (Wildman–Crippen LogP) is 5.05. The van der Waals surface area contributed by atoms with E-state index < -0.39 is 29.1 Å². The van der Waals surface area contributed by atoms with Crippen molar-refractivity contribution in [1.29, 1.82) is 5.26 Å². The van der Waals surface area contributed by atoms with Crippen LogP contribution in [0.4, 0.5) is 18.9 Å². The van der Waals surface area contributed by atoms with Crippen molar-refractivity contribution in [3.8, 4) is 6.07 Å². The topological polar surface area (TPSA) is 84.7 Å². The minimum absolute atomic E-state index is 0.181. The molecule has 0 aliphatic carbocycles. The molecule has 0 atom stereocenters. The van der Waals surface area contributed by atoms with E-state index in [1.54, 1.807) is 0 Å². The molecule has 0 aromatic heterocycles. The maximum atomic E-state index is 13.3. The van der Waals surface area contributed by atoms with Gasteiger partial charge in [-0.15, -0.1) is 0 Å². The van der Waals surface area contributed by atoms with Gasteiger partial charge >= 0.3 is 6.18 Å². The summed E-state index contributed by atoms with van der Waals surface area (Å²) < 4.78 is 40.0. The lowest BCUT2D eigenvalue weighted by Gasteiger charge is -2.34. The summed E-state index contributed by atoms with van der Waals surface area (Å²) in [6.07, 6.45) is 2.05. The van der Waals surface area contributed by atoms with E-state index in [4.69, 9.17) is 5.26 Å². The number of rotatable bonds is 11. The van der Waals surface area contributed by atoms with Gasteiger partial charge in [-0.05, 0) is 50.9 Å². The third-order valence-electron chi connectivity index (χ3n) is 7.30. The number of piperazine rings is 1. The predicted molar refractivity (Wildman–Crippen MR) is 137 cm³/mol. The van der Waals surface area contributed by atoms with Crippen LogP contribution in [0.15, 0.2) is 29.3 Å². The molecule has 1 saturated heterocycles. The Morgan fingerprint density at radius 1 is 0.974 bits per heavy atom. The van der Waals surface area contributed by atoms with Gasteiger partial charge in [0.15, 0.2) is 0 Å². The number of unbranched alkanes of at least 4 members (excludes halogenated alkanes) is 5. The van der Waals surface area contributed by atoms with Gasteiger partial charge in [0.25, 0.3) is 11.8 Å². The second kappa shape index (κ2) is 13.1. The third kappa shape index (κ3) is 7.01. The Labute approximate surface area is 221 Å². The number of benzene rings is 1. The fraction of sp³-hybridized carbons (Fsp3) is 0.571. The van der Waals surface area contributed by atoms with Crippen LogP contribution in [0.5, 0.6) is 0 Å². The van der Waals surface area contributed by atoms with Crippen LogP contribution < -0.4 is 4.90 Å². The van der Waals surface area contributed by atoms with Crippen LogP contribution in [0, 0.1) is 11.3 Å². The van der Waals surface area contributed by atoms with Gasteiger partial charge in [-0.3, -0.25) is 19.3 Å². The van der Waals surface area contributed by atoms with Crippen molar-refractivity contribution in [3.05, 3.63) is 40.5 Å². The minimum Gasteiger partial charge on any atom is -0.340 e. The maximum absolute atomic E-state index is 13.3. The normalized spacial score (nSPS) is 16.9. The maximum Gasteiger partial charge on any atom is 0.417 e. The molecule has 7 nitrogen and oxygen atoms in total. The van der Waals surface area contributed by atoms with Gasteiger partial charge in [0, 0.05) is 43.7 Å². The van der Waals surface area contributed by atoms with Gasteiger partial charge in [-0.25, -0.2) is 4.90 Å². The first kappa shape index (κ1) is 29.4. The monoisotopic (exact) mass is 532 g/mol. The van der Waals surface area contributed by atoms with Gasteiger partial charge < -0.3 is 4.90 Å². The number of nitriles is 1. The van der Waals surface area contributed by atoms with Gasteiger partial charge in [0.2, 0.25) is 5.91 Å². The van der Waals surface area contributed by atoms with Crippen molar-refractivity contribution in [3.63, 3.8) is 0 Å². The quantitative estimate of drug-likeness (QED) is 0.294. The average Bonchev–Trinajstić information content (AvgIpc) is 3.11. The van der Waals surface area contributed by atoms with E-state index in [0.29, 0.717) is 30.9 Å². The third-order valence-corrected chi connectivity index (χ3v) is 7.30. The molecular formula is C28H35F3N4O3. The Kier molecular flexibility index (Phi) is 10.1. The molecule has 0 radical (unpaired) electrons. The number of carbonyl (C=O) groups excluding carboxylic acids is 3. The number of hydrogen-bond acceptors (Lipinski definition) is 5. The van der Waals surface area contributed by atoms with E-state index in [2.05, 4.69) is 4.90 Å². The van der Waals surface area contributed by atoms with E-state index in [9.17, 15) is 27.6 Å². The van der Waals surface area contributed by atoms with E-state index in [-0.39, 0.29) is 17.2 Å². The largest absolute Gasteiger partial charge is 0.417 e. The highest BCUT2D eigenvalue weighted by atomic mass is 19.4. The summed E-state index contributed by atoms with van der Waals surface area (Å²) in [5.41, 5.74) is -1.31. The van der Waals surface area contributed by atoms with E-state index in [0.717, 1.165) is 75.8 Å². The first-order valence-electron chi connectivity index (χ1n) is 13.3. The van der Waals surface area contributed by atoms with Crippen LogP contribution in [0.3, 0.4) is 0 Å². The summed E-state index contributed by atoms with van der Waals surface area (Å²) in [7, 11) is 0. The Morgan fingerprint density at radius 2 is 1.61 bits per heavy atom. The zero-order valence-corrected chi connectivity index (χ0v) is 22.1. The van der Waals surface area contributed by atoms with Crippen LogP contribution in [-0.2, 0) is 20.6 Å². The number of imide groups is 1. The van der Waals surface area contributed by atoms with Crippen molar-refractivity contribution in [2.75, 3.05) is 37.6 Å². The summed E-state index contributed by atoms with van der Waals surface area (Å²) in [5, 5.41) is 8.99. The number of alkyl halides is 3. The lowest BCUT2D eigenvalue weighted by Crippen LogP contribution is -2.48. The molecule has 2 heterocycles. The highest BCUT2D eigenvalue weighted by molar-refractivity contribution is 6.32. The molecular weight excluding hydrogens is 497 g/mol. The van der Waals surface area contributed by atoms with Crippen molar-refractivity contribution < 1.29 is 27.6 Å². The molecule has 206 valence electrons. The minimum atomic E-state index is -4.78. The second-order valence-electron chi connectivity index (χ2n) is 9.84. The molecule has 1 aromatic carbocycles. The van der Waals surface area contributed by atoms with Gasteiger partial charge in [0.1, 0.15) is 0 Å². The van der Waals surface area contributed by atoms with Gasteiger partial charge in [-0.1, -0.05) is 32.6 Å². The zero-order chi connectivity index (χ0) is 27.9. The Morgan fingerprint density at radius 3 is 2.21 bits per heavy atom. The molecule has 1 aromatic rings. The van der Waals surface area contributed by atoms with Crippen molar-refractivity contribution >= 4 is 23.4 Å². The van der Waals surface area contributed by atoms with Crippen LogP contribution in [0.25, 0.3) is 0 Å². The molecule has 2 aliphatic rings. The summed E-state index contributed by atoms with van der Waals surface area (Å²) in [6, 6.07) is 4.38. The van der Waals surface area contributed by atoms with Crippen LogP contribution in [0.2, 0.25) is 0 Å². The standard InChI is InChI=1S/C28H35F3N4O3/c1-3-25(36)34-16-14-33(15-17-34)13-9-7-5-4-6-8-10-23-20(2)26(37)35(27(23)38)22-12-11-21(19-32)24(18-22)28(29,30)31/h11-12,18H,3-10,13-17H2,1-2H3. The van der Waals surface area contributed by atoms with Crippen LogP contribution >= 0.6 is 0 Å². The summed E-state index contributed by atoms with van der Waals surface area (Å²) >= 11 is 0. The number of anilines is 1. The lowest BCUT2D eigenvalue weighted by molar-refractivity contribution is -0.138. The average molecular weight is 533 g/mol. The SMILES string of the molecule is CCC(=O)N1CCN(CCCCCCCCC2=C(C)C(=O)N(c3ccc(C#N)c(C(F)(F)F)c3)C2=O)CC1. The number of nitrogens with zero attached hydrogens (tertiary/aromatic N) is 4. The van der Waals surface area contributed by atoms with Crippen molar-refractivity contribution in [2.45, 2.75) is 71.4 Å². The number of carbonyl (C=O) groups is 3. The molecule has 3 amide bonds. The zero-order valence-electron chi connectivity index (χ0n) is 22.1. The first-order chi connectivity index (χ1) is 18.1. The molecule has 0 bridgehead atoms. The highest BCUT2D eigenvalue weighted by Crippen LogP contribution is 2.37. The summed E-state index contributed by atoms with van der Waals surface area (Å²) in [6.45, 7) is 7.89. The molecule has 0 unspecified atom stereocenters. The second-order valence-corrected chi connectivity index (χ2v) is 9.84. The fourth-order valence-electron chi connectivity index (χ4n) is 5.01. The fourth-order valence-corrected chi connectivity index (χ4v) is 5.01. The molecule has 38 heavy (non-hydrogen) atoms. The van der Waals surface area contributed by atoms with Crippen molar-refractivity contribution in [1.82, 2.24) is 9.80 Å². The van der Waals surface area contributed by atoms with Gasteiger partial charge in [-0.2, -0.15) is 18.4 Å². The summed E-state index contributed by atoms with van der Waals surface area (Å²) in [5.74, 6) is -0.995. The Hall–Kier alpha value is -3.19. The number of halogens is 3. The smallest absolute Gasteiger partial charge is 0.340 e. The molecule has 0 N–H and O–H groups in total. The first-order valence-corrected chi connectivity index (χ1v) is 13.3. The molecule has 0 spiro atoms. The van der Waals surface area contributed by atoms with E-state index >= 15 is 0 Å².